The molecule has 0 radical (unpaired) electrons. The number of carbonyl (C=O) groups is 4. The third-order valence-corrected chi connectivity index (χ3v) is 13.6. The Hall–Kier alpha value is -3.55. The number of esters is 2. The van der Waals surface area contributed by atoms with Gasteiger partial charge in [-0.15, -0.1) is 6.58 Å². The lowest BCUT2D eigenvalue weighted by atomic mass is 9.95. The van der Waals surface area contributed by atoms with Crippen LogP contribution in [0.3, 0.4) is 0 Å². The van der Waals surface area contributed by atoms with Gasteiger partial charge in [-0.1, -0.05) is 237 Å². The van der Waals surface area contributed by atoms with Crippen LogP contribution in [0.15, 0.2) is 43.0 Å². The molecule has 2 rings (SSSR count). The van der Waals surface area contributed by atoms with Gasteiger partial charge in [-0.25, -0.2) is 9.18 Å². The number of hydrogen-bond acceptors (Lipinski definition) is 11. The van der Waals surface area contributed by atoms with Gasteiger partial charge in [0.05, 0.1) is 6.61 Å². The summed E-state index contributed by atoms with van der Waals surface area (Å²) in [5.74, 6) is -2.31. The van der Waals surface area contributed by atoms with Crippen molar-refractivity contribution in [1.82, 2.24) is 5.32 Å². The summed E-state index contributed by atoms with van der Waals surface area (Å²) in [6.45, 7) is 9.69. The topological polar surface area (TPSA) is 156 Å². The number of unbranched alkanes of at least 4 members (excludes halogenated alkanes) is 28. The molecule has 0 unspecified atom stereocenters. The van der Waals surface area contributed by atoms with Crippen LogP contribution in [0.25, 0.3) is 0 Å². The number of rotatable bonds is 46. The minimum atomic E-state index is -2.29. The number of carbonyl (C=O) groups excluding carboxylic acids is 4. The highest BCUT2D eigenvalue weighted by atomic mass is 19.1. The van der Waals surface area contributed by atoms with Crippen molar-refractivity contribution in [2.75, 3.05) is 13.2 Å². The molecule has 1 fully saturated rings. The van der Waals surface area contributed by atoms with Crippen LogP contribution in [-0.4, -0.2) is 85.2 Å². The van der Waals surface area contributed by atoms with E-state index in [0.717, 1.165) is 76.2 Å². The van der Waals surface area contributed by atoms with E-state index >= 15 is 4.39 Å². The van der Waals surface area contributed by atoms with Gasteiger partial charge in [-0.2, -0.15) is 0 Å². The van der Waals surface area contributed by atoms with Crippen LogP contribution in [0.4, 0.5) is 9.18 Å². The zero-order valence-corrected chi connectivity index (χ0v) is 45.3. The first-order valence-electron chi connectivity index (χ1n) is 28.9. The molecule has 2 N–H and O–H groups in total. The molecule has 414 valence electrons. The molecule has 0 bridgehead atoms. The molecule has 13 heteroatoms. The van der Waals surface area contributed by atoms with Crippen molar-refractivity contribution in [3.05, 3.63) is 48.6 Å². The number of aliphatic hydroxyl groups is 1. The molecule has 0 aromatic heterocycles. The fourth-order valence-corrected chi connectivity index (χ4v) is 9.20. The summed E-state index contributed by atoms with van der Waals surface area (Å²) in [6.07, 6.45) is 25.0. The van der Waals surface area contributed by atoms with E-state index in [-0.39, 0.29) is 32.5 Å². The van der Waals surface area contributed by atoms with Crippen LogP contribution in [0.2, 0.25) is 0 Å². The standard InChI is InChI=1S/C59H100FNO11/c1-5-9-12-15-18-21-23-26-29-32-38-43-51(62)70-49(42-37-31-28-25-20-17-14-11-7-3)53(60)57(65)61-54-56(72-52(63)44-39-33-30-27-24-22-19-16-13-10-6-2)55(64)50(71-58(54)67-45-8-4)47-69-59(66)68-46-48-40-35-34-36-41-48/h8,34-36,40-41,49-50,53-56,58,64H,4-7,9-33,37-39,42-47H2,1-3H3,(H,61,65)/t49-,50+,53+,54+,55+,56+,58+/m0/s1. The Labute approximate surface area is 435 Å². The zero-order valence-electron chi connectivity index (χ0n) is 45.3. The van der Waals surface area contributed by atoms with Crippen molar-refractivity contribution in [1.29, 1.82) is 0 Å². The second-order valence-electron chi connectivity index (χ2n) is 20.1. The van der Waals surface area contributed by atoms with Crippen LogP contribution in [0.5, 0.6) is 0 Å². The quantitative estimate of drug-likeness (QED) is 0.0277. The molecule has 72 heavy (non-hydrogen) atoms. The summed E-state index contributed by atoms with van der Waals surface area (Å²) >= 11 is 0. The number of hydrogen-bond donors (Lipinski definition) is 2. The highest BCUT2D eigenvalue weighted by molar-refractivity contribution is 5.82. The summed E-state index contributed by atoms with van der Waals surface area (Å²) in [5.41, 5.74) is 0.741. The van der Waals surface area contributed by atoms with Crippen molar-refractivity contribution in [3.8, 4) is 0 Å². The average molecular weight is 1020 g/mol. The molecular weight excluding hydrogens is 918 g/mol. The van der Waals surface area contributed by atoms with Crippen LogP contribution in [0.1, 0.15) is 245 Å². The lowest BCUT2D eigenvalue weighted by Crippen LogP contribution is -2.67. The van der Waals surface area contributed by atoms with E-state index in [9.17, 15) is 24.3 Å². The Morgan fingerprint density at radius 1 is 0.653 bits per heavy atom. The van der Waals surface area contributed by atoms with Crippen molar-refractivity contribution in [3.63, 3.8) is 0 Å². The van der Waals surface area contributed by atoms with Crippen molar-refractivity contribution in [2.24, 2.45) is 0 Å². The minimum Gasteiger partial charge on any atom is -0.459 e. The largest absolute Gasteiger partial charge is 0.508 e. The van der Waals surface area contributed by atoms with E-state index in [0.29, 0.717) is 19.3 Å². The number of alkyl halides is 1. The monoisotopic (exact) mass is 1020 g/mol. The molecule has 12 nitrogen and oxygen atoms in total. The maximum atomic E-state index is 16.7. The van der Waals surface area contributed by atoms with Crippen LogP contribution >= 0.6 is 0 Å². The molecule has 7 atom stereocenters. The smallest absolute Gasteiger partial charge is 0.459 e. The van der Waals surface area contributed by atoms with Gasteiger partial charge < -0.3 is 38.8 Å². The third kappa shape index (κ3) is 31.2. The molecular formula is C59H100FNO11. The lowest BCUT2D eigenvalue weighted by molar-refractivity contribution is -0.271. The van der Waals surface area contributed by atoms with Crippen LogP contribution in [-0.2, 0) is 49.4 Å². The summed E-state index contributed by atoms with van der Waals surface area (Å²) in [4.78, 5) is 53.5. The molecule has 1 aliphatic heterocycles. The van der Waals surface area contributed by atoms with Gasteiger partial charge >= 0.3 is 18.1 Å². The Balaban J connectivity index is 2.17. The Morgan fingerprint density at radius 3 is 1.60 bits per heavy atom. The Kier molecular flexibility index (Phi) is 39.3. The number of amides is 1. The zero-order chi connectivity index (χ0) is 52.3. The molecule has 1 saturated heterocycles. The Morgan fingerprint density at radius 2 is 1.11 bits per heavy atom. The van der Waals surface area contributed by atoms with Gasteiger partial charge in [0.1, 0.15) is 37.6 Å². The van der Waals surface area contributed by atoms with Crippen molar-refractivity contribution >= 4 is 24.0 Å². The fraction of sp³-hybridized carbons (Fsp3) is 0.797. The predicted octanol–water partition coefficient (Wildman–Crippen LogP) is 14.6. The van der Waals surface area contributed by atoms with Gasteiger partial charge in [0, 0.05) is 12.8 Å². The first-order chi connectivity index (χ1) is 35.1. The number of benzene rings is 1. The molecule has 0 saturated carbocycles. The molecule has 1 aromatic rings. The second kappa shape index (κ2) is 43.8. The predicted molar refractivity (Wildman–Crippen MR) is 284 cm³/mol. The van der Waals surface area contributed by atoms with Gasteiger partial charge in [0.2, 0.25) is 6.17 Å². The summed E-state index contributed by atoms with van der Waals surface area (Å²) in [7, 11) is 0. The highest BCUT2D eigenvalue weighted by Gasteiger charge is 2.50. The van der Waals surface area contributed by atoms with Gasteiger partial charge in [0.25, 0.3) is 5.91 Å². The SMILES string of the molecule is C=CCO[C@@H]1O[C@H](COC(=O)OCc2ccccc2)[C@@H](O)[C@H](OC(=O)CCCCCCCCCCCCC)[C@H]1NC(=O)[C@H](F)[C@H](CCCCCCCCCCC)OC(=O)CCCCCCCCCCCCC. The molecule has 1 amide bonds. The van der Waals surface area contributed by atoms with E-state index in [4.69, 9.17) is 28.4 Å². The second-order valence-corrected chi connectivity index (χ2v) is 20.1. The van der Waals surface area contributed by atoms with Gasteiger partial charge in [-0.3, -0.25) is 14.4 Å². The normalized spacial score (nSPS) is 18.5. The summed E-state index contributed by atoms with van der Waals surface area (Å²) in [6, 6.07) is 7.63. The van der Waals surface area contributed by atoms with Crippen molar-refractivity contribution < 1.29 is 57.1 Å². The summed E-state index contributed by atoms with van der Waals surface area (Å²) < 4.78 is 51.0. The highest BCUT2D eigenvalue weighted by Crippen LogP contribution is 2.28. The average Bonchev–Trinajstić information content (AvgIpc) is 3.38. The third-order valence-electron chi connectivity index (χ3n) is 13.6. The Bertz CT molecular complexity index is 1520. The van der Waals surface area contributed by atoms with Crippen molar-refractivity contribution in [2.45, 2.75) is 289 Å². The number of aliphatic hydroxyl groups excluding tert-OH is 1. The van der Waals surface area contributed by atoms with E-state index in [1.54, 1.807) is 12.1 Å². The first kappa shape index (κ1) is 64.6. The van der Waals surface area contributed by atoms with E-state index in [1.165, 1.54) is 115 Å². The van der Waals surface area contributed by atoms with Crippen LogP contribution in [0, 0.1) is 0 Å². The first-order valence-corrected chi connectivity index (χ1v) is 28.9. The fourth-order valence-electron chi connectivity index (χ4n) is 9.20. The summed E-state index contributed by atoms with van der Waals surface area (Å²) in [5, 5.41) is 14.4. The lowest BCUT2D eigenvalue weighted by Gasteiger charge is -2.44. The molecule has 0 spiro atoms. The molecule has 1 aliphatic rings. The maximum absolute atomic E-state index is 16.7. The van der Waals surface area contributed by atoms with E-state index < -0.39 is 73.5 Å². The molecule has 1 heterocycles. The minimum absolute atomic E-state index is 0.0501. The number of nitrogens with one attached hydrogen (secondary N) is 1. The van der Waals surface area contributed by atoms with Gasteiger partial charge in [0.15, 0.2) is 12.4 Å². The van der Waals surface area contributed by atoms with Crippen LogP contribution < -0.4 is 5.32 Å². The maximum Gasteiger partial charge on any atom is 0.508 e. The van der Waals surface area contributed by atoms with Gasteiger partial charge in [-0.05, 0) is 31.2 Å². The number of ether oxygens (including phenoxy) is 6. The number of halogens is 1. The molecule has 0 aliphatic carbocycles. The molecule has 1 aromatic carbocycles. The van der Waals surface area contributed by atoms with E-state index in [1.807, 2.05) is 18.2 Å². The van der Waals surface area contributed by atoms with E-state index in [2.05, 4.69) is 32.7 Å².